The molecule has 2 aromatic carbocycles. The van der Waals surface area contributed by atoms with Gasteiger partial charge in [-0.15, -0.1) is 0 Å². The number of fused-ring (bicyclic) bond motifs is 1. The number of aromatic nitrogens is 1. The molecule has 0 amide bonds. The minimum absolute atomic E-state index is 0.186. The number of nitrogens with zero attached hydrogens (tertiary/aromatic N) is 2. The molecule has 0 fully saturated rings. The van der Waals surface area contributed by atoms with Crippen LogP contribution in [0.3, 0.4) is 0 Å². The Bertz CT molecular complexity index is 1670. The number of hydrogen-bond donors (Lipinski definition) is 0. The van der Waals surface area contributed by atoms with Crippen LogP contribution in [0.15, 0.2) is 64.0 Å². The fourth-order valence-corrected chi connectivity index (χ4v) is 6.21. The molecule has 1 aromatic heterocycles. The molecule has 0 radical (unpaired) electrons. The lowest BCUT2D eigenvalue weighted by atomic mass is 9.95. The summed E-state index contributed by atoms with van der Waals surface area (Å²) in [4.78, 5) is 32.2. The molecular formula is C29H29IN2O7S. The summed E-state index contributed by atoms with van der Waals surface area (Å²) in [6.45, 7) is 7.69. The first-order valence-electron chi connectivity index (χ1n) is 12.3. The second kappa shape index (κ2) is 12.7. The van der Waals surface area contributed by atoms with Crippen LogP contribution in [0.2, 0.25) is 0 Å². The highest BCUT2D eigenvalue weighted by Crippen LogP contribution is 2.36. The first-order valence-corrected chi connectivity index (χ1v) is 14.2. The number of methoxy groups -OCH3 is 3. The Morgan fingerprint density at radius 1 is 1.12 bits per heavy atom. The summed E-state index contributed by atoms with van der Waals surface area (Å²) in [6.07, 6.45) is 3.44. The maximum Gasteiger partial charge on any atom is 0.338 e. The van der Waals surface area contributed by atoms with E-state index in [1.54, 1.807) is 64.5 Å². The number of esters is 1. The van der Waals surface area contributed by atoms with Crippen molar-refractivity contribution in [3.63, 3.8) is 0 Å². The quantitative estimate of drug-likeness (QED) is 0.182. The zero-order valence-corrected chi connectivity index (χ0v) is 25.8. The molecule has 4 rings (SSSR count). The van der Waals surface area contributed by atoms with Crippen molar-refractivity contribution in [1.29, 1.82) is 0 Å². The van der Waals surface area contributed by atoms with Crippen LogP contribution in [0.5, 0.6) is 23.0 Å². The third-order valence-electron chi connectivity index (χ3n) is 6.14. The molecule has 3 aromatic rings. The monoisotopic (exact) mass is 676 g/mol. The predicted octanol–water partition coefficient (Wildman–Crippen LogP) is 3.99. The molecule has 0 bridgehead atoms. The third-order valence-corrected chi connectivity index (χ3v) is 7.92. The maximum atomic E-state index is 13.9. The Labute approximate surface area is 249 Å². The molecule has 1 unspecified atom stereocenters. The highest BCUT2D eigenvalue weighted by molar-refractivity contribution is 14.1. The van der Waals surface area contributed by atoms with Crippen LogP contribution in [0, 0.1) is 3.57 Å². The van der Waals surface area contributed by atoms with Crippen LogP contribution in [-0.4, -0.2) is 45.1 Å². The lowest BCUT2D eigenvalue weighted by Gasteiger charge is -2.25. The van der Waals surface area contributed by atoms with Gasteiger partial charge in [0.05, 0.1) is 53.4 Å². The van der Waals surface area contributed by atoms with Gasteiger partial charge in [0.2, 0.25) is 0 Å². The number of thiazole rings is 1. The third kappa shape index (κ3) is 5.66. The molecule has 0 aliphatic carbocycles. The smallest absolute Gasteiger partial charge is 0.338 e. The fraction of sp³-hybridized carbons (Fsp3) is 0.276. The molecule has 210 valence electrons. The van der Waals surface area contributed by atoms with E-state index < -0.39 is 12.0 Å². The highest BCUT2D eigenvalue weighted by atomic mass is 127. The molecule has 0 saturated heterocycles. The largest absolute Gasteiger partial charge is 0.493 e. The van der Waals surface area contributed by atoms with E-state index >= 15 is 0 Å². The van der Waals surface area contributed by atoms with E-state index in [9.17, 15) is 9.59 Å². The SMILES string of the molecule is C=CCOc1c(I)cc(/C=c2/sc3n(c2=O)C(c2ccc(OC)c(OC)c2)C(C(=O)OCC)=C(C)N=3)cc1OC. The standard InChI is InChI=1S/C29H29IN2O7S/c1-7-11-39-26-19(30)12-17(13-22(26)37-6)14-23-27(33)32-25(18-9-10-20(35-4)21(15-18)36-5)24(28(34)38-8-2)16(3)31-29(32)40-23/h7,9-10,12-15,25H,1,8,11H2,2-6H3/b23-14+. The van der Waals surface area contributed by atoms with Gasteiger partial charge in [-0.2, -0.15) is 0 Å². The van der Waals surface area contributed by atoms with Crippen molar-refractivity contribution in [3.05, 3.63) is 88.6 Å². The van der Waals surface area contributed by atoms with E-state index in [0.29, 0.717) is 50.2 Å². The fourth-order valence-electron chi connectivity index (χ4n) is 4.39. The van der Waals surface area contributed by atoms with Gasteiger partial charge in [-0.1, -0.05) is 30.1 Å². The van der Waals surface area contributed by atoms with E-state index in [2.05, 4.69) is 34.2 Å². The average molecular weight is 677 g/mol. The summed E-state index contributed by atoms with van der Waals surface area (Å²) in [6, 6.07) is 8.23. The number of halogens is 1. The molecule has 0 saturated carbocycles. The molecule has 1 aliphatic rings. The van der Waals surface area contributed by atoms with E-state index in [0.717, 1.165) is 9.13 Å². The second-order valence-corrected chi connectivity index (χ2v) is 10.7. The van der Waals surface area contributed by atoms with E-state index in [1.165, 1.54) is 23.0 Å². The summed E-state index contributed by atoms with van der Waals surface area (Å²) in [5.74, 6) is 1.61. The molecular weight excluding hydrogens is 647 g/mol. The molecule has 40 heavy (non-hydrogen) atoms. The zero-order valence-electron chi connectivity index (χ0n) is 22.8. The Balaban J connectivity index is 1.93. The van der Waals surface area contributed by atoms with Gasteiger partial charge in [0.1, 0.15) is 6.61 Å². The Morgan fingerprint density at radius 2 is 1.85 bits per heavy atom. The average Bonchev–Trinajstić information content (AvgIpc) is 3.24. The highest BCUT2D eigenvalue weighted by Gasteiger charge is 2.34. The van der Waals surface area contributed by atoms with Gasteiger partial charge in [-0.25, -0.2) is 9.79 Å². The molecule has 9 nitrogen and oxygen atoms in total. The van der Waals surface area contributed by atoms with Crippen molar-refractivity contribution in [2.75, 3.05) is 34.5 Å². The summed E-state index contributed by atoms with van der Waals surface area (Å²) in [5.41, 5.74) is 1.88. The van der Waals surface area contributed by atoms with E-state index in [4.69, 9.17) is 23.7 Å². The zero-order chi connectivity index (χ0) is 29.0. The van der Waals surface area contributed by atoms with Crippen LogP contribution in [0.4, 0.5) is 0 Å². The molecule has 0 N–H and O–H groups in total. The molecule has 2 heterocycles. The maximum absolute atomic E-state index is 13.9. The van der Waals surface area contributed by atoms with Gasteiger partial charge in [-0.05, 0) is 77.9 Å². The first kappa shape index (κ1) is 29.4. The van der Waals surface area contributed by atoms with Crippen LogP contribution < -0.4 is 33.8 Å². The van der Waals surface area contributed by atoms with Crippen LogP contribution in [0.1, 0.15) is 31.0 Å². The summed E-state index contributed by atoms with van der Waals surface area (Å²) < 4.78 is 30.4. The topological polar surface area (TPSA) is 97.6 Å². The Hall–Kier alpha value is -3.58. The van der Waals surface area contributed by atoms with Crippen molar-refractivity contribution in [3.8, 4) is 23.0 Å². The number of carbonyl (C=O) groups is 1. The number of benzene rings is 2. The summed E-state index contributed by atoms with van der Waals surface area (Å²) in [5, 5.41) is 0. The lowest BCUT2D eigenvalue weighted by Crippen LogP contribution is -2.40. The van der Waals surface area contributed by atoms with Crippen LogP contribution in [0.25, 0.3) is 6.08 Å². The Morgan fingerprint density at radius 3 is 2.50 bits per heavy atom. The summed E-state index contributed by atoms with van der Waals surface area (Å²) >= 11 is 3.41. The van der Waals surface area contributed by atoms with Crippen molar-refractivity contribution in [2.45, 2.75) is 19.9 Å². The lowest BCUT2D eigenvalue weighted by molar-refractivity contribution is -0.139. The van der Waals surface area contributed by atoms with Crippen LogP contribution in [-0.2, 0) is 9.53 Å². The van der Waals surface area contributed by atoms with Crippen molar-refractivity contribution >= 4 is 46.0 Å². The van der Waals surface area contributed by atoms with Crippen molar-refractivity contribution in [1.82, 2.24) is 4.57 Å². The second-order valence-electron chi connectivity index (χ2n) is 8.55. The van der Waals surface area contributed by atoms with Crippen LogP contribution >= 0.6 is 33.9 Å². The molecule has 1 atom stereocenters. The number of hydrogen-bond acceptors (Lipinski definition) is 9. The minimum atomic E-state index is -0.776. The number of carbonyl (C=O) groups excluding carboxylic acids is 1. The van der Waals surface area contributed by atoms with Gasteiger partial charge in [0.25, 0.3) is 5.56 Å². The minimum Gasteiger partial charge on any atom is -0.493 e. The van der Waals surface area contributed by atoms with Gasteiger partial charge in [0.15, 0.2) is 27.8 Å². The van der Waals surface area contributed by atoms with Crippen molar-refractivity contribution in [2.24, 2.45) is 4.99 Å². The van der Waals surface area contributed by atoms with Gasteiger partial charge in [0, 0.05) is 0 Å². The molecule has 11 heteroatoms. The number of ether oxygens (including phenoxy) is 5. The Kier molecular flexibility index (Phi) is 9.36. The van der Waals surface area contributed by atoms with E-state index in [-0.39, 0.29) is 17.7 Å². The number of rotatable bonds is 10. The van der Waals surface area contributed by atoms with Gasteiger partial charge in [-0.3, -0.25) is 9.36 Å². The van der Waals surface area contributed by atoms with Gasteiger partial charge >= 0.3 is 5.97 Å². The normalized spacial score (nSPS) is 14.8. The van der Waals surface area contributed by atoms with Crippen molar-refractivity contribution < 1.29 is 28.5 Å². The van der Waals surface area contributed by atoms with Gasteiger partial charge < -0.3 is 23.7 Å². The predicted molar refractivity (Wildman–Crippen MR) is 161 cm³/mol. The summed E-state index contributed by atoms with van der Waals surface area (Å²) in [7, 11) is 4.64. The molecule has 1 aliphatic heterocycles. The number of allylic oxidation sites excluding steroid dienone is 1. The molecule has 0 spiro atoms. The van der Waals surface area contributed by atoms with E-state index in [1.807, 2.05) is 6.07 Å². The first-order chi connectivity index (χ1) is 19.3.